The normalized spacial score (nSPS) is 10.9. The predicted octanol–water partition coefficient (Wildman–Crippen LogP) is 3.89. The van der Waals surface area contributed by atoms with Crippen LogP contribution < -0.4 is 15.9 Å². The van der Waals surface area contributed by atoms with Crippen LogP contribution in [0.4, 0.5) is 15.3 Å². The number of aromatic nitrogens is 1. The summed E-state index contributed by atoms with van der Waals surface area (Å²) in [5.74, 6) is 0.811. The minimum Gasteiger partial charge on any atom is -0.489 e. The first kappa shape index (κ1) is 15.9. The molecule has 0 fully saturated rings. The summed E-state index contributed by atoms with van der Waals surface area (Å²) in [6, 6.07) is 13.7. The van der Waals surface area contributed by atoms with Gasteiger partial charge in [-0.2, -0.15) is 5.10 Å². The zero-order valence-electron chi connectivity index (χ0n) is 12.6. The van der Waals surface area contributed by atoms with Gasteiger partial charge in [0.25, 0.3) is 0 Å². The smallest absolute Gasteiger partial charge is 0.205 e. The summed E-state index contributed by atoms with van der Waals surface area (Å²) in [6.45, 7) is 0.393. The standard InChI is InChI=1S/C17H15FN4OS/c18-14-4-6-15(7-5-14)23-10-13-3-1-2-12(8-13)9-20-22-17-21-16(19)11-24-17/h1-9,11H,10,19H2,(H,21,22). The highest BCUT2D eigenvalue weighted by Gasteiger charge is 1.99. The number of hydrogen-bond acceptors (Lipinski definition) is 6. The van der Waals surface area contributed by atoms with Gasteiger partial charge in [0.05, 0.1) is 6.21 Å². The molecule has 0 radical (unpaired) electrons. The number of nitrogen functional groups attached to an aromatic ring is 1. The molecule has 0 aliphatic carbocycles. The molecule has 1 heterocycles. The highest BCUT2D eigenvalue weighted by molar-refractivity contribution is 7.14. The van der Waals surface area contributed by atoms with Gasteiger partial charge in [0.15, 0.2) is 0 Å². The molecule has 3 N–H and O–H groups in total. The van der Waals surface area contributed by atoms with Gasteiger partial charge in [-0.25, -0.2) is 9.37 Å². The summed E-state index contributed by atoms with van der Waals surface area (Å²) < 4.78 is 18.5. The van der Waals surface area contributed by atoms with Crippen LogP contribution in [0.1, 0.15) is 11.1 Å². The Morgan fingerprint density at radius 3 is 2.83 bits per heavy atom. The van der Waals surface area contributed by atoms with E-state index in [0.29, 0.717) is 23.3 Å². The molecule has 122 valence electrons. The van der Waals surface area contributed by atoms with Crippen molar-refractivity contribution in [2.24, 2.45) is 5.10 Å². The van der Waals surface area contributed by atoms with Crippen molar-refractivity contribution in [1.29, 1.82) is 0 Å². The molecule has 24 heavy (non-hydrogen) atoms. The van der Waals surface area contributed by atoms with E-state index in [2.05, 4.69) is 15.5 Å². The van der Waals surface area contributed by atoms with E-state index in [-0.39, 0.29) is 5.82 Å². The topological polar surface area (TPSA) is 72.5 Å². The second-order valence-corrected chi connectivity index (χ2v) is 5.79. The lowest BCUT2D eigenvalue weighted by atomic mass is 10.1. The van der Waals surface area contributed by atoms with E-state index in [0.717, 1.165) is 11.1 Å². The number of nitrogens with one attached hydrogen (secondary N) is 1. The van der Waals surface area contributed by atoms with Crippen molar-refractivity contribution >= 4 is 28.5 Å². The second-order valence-electron chi connectivity index (χ2n) is 4.94. The Morgan fingerprint density at radius 1 is 1.25 bits per heavy atom. The average Bonchev–Trinajstić information content (AvgIpc) is 3.00. The maximum absolute atomic E-state index is 12.9. The Hall–Kier alpha value is -2.93. The summed E-state index contributed by atoms with van der Waals surface area (Å²) in [5, 5.41) is 6.51. The van der Waals surface area contributed by atoms with E-state index < -0.39 is 0 Å². The van der Waals surface area contributed by atoms with Crippen LogP contribution in [0.5, 0.6) is 5.75 Å². The Morgan fingerprint density at radius 2 is 2.08 bits per heavy atom. The number of rotatable bonds is 6. The molecule has 0 spiro atoms. The van der Waals surface area contributed by atoms with E-state index in [4.69, 9.17) is 10.5 Å². The zero-order valence-corrected chi connectivity index (χ0v) is 13.5. The number of thiazole rings is 1. The van der Waals surface area contributed by atoms with Gasteiger partial charge in [-0.3, -0.25) is 5.43 Å². The van der Waals surface area contributed by atoms with Crippen LogP contribution in [0.25, 0.3) is 0 Å². The third-order valence-electron chi connectivity index (χ3n) is 3.07. The molecule has 3 aromatic rings. The highest BCUT2D eigenvalue weighted by atomic mass is 32.1. The fraction of sp³-hybridized carbons (Fsp3) is 0.0588. The van der Waals surface area contributed by atoms with Crippen LogP contribution in [0.3, 0.4) is 0 Å². The molecule has 0 aliphatic heterocycles. The molecular weight excluding hydrogens is 327 g/mol. The summed E-state index contributed by atoms with van der Waals surface area (Å²) in [4.78, 5) is 4.05. The van der Waals surface area contributed by atoms with E-state index in [1.807, 2.05) is 24.3 Å². The Kier molecular flexibility index (Phi) is 5.02. The van der Waals surface area contributed by atoms with Crippen molar-refractivity contribution in [2.75, 3.05) is 11.2 Å². The summed E-state index contributed by atoms with van der Waals surface area (Å²) in [7, 11) is 0. The minimum absolute atomic E-state index is 0.282. The Labute approximate surface area is 142 Å². The van der Waals surface area contributed by atoms with Gasteiger partial charge >= 0.3 is 0 Å². The van der Waals surface area contributed by atoms with E-state index in [1.54, 1.807) is 23.7 Å². The maximum atomic E-state index is 12.9. The van der Waals surface area contributed by atoms with Gasteiger partial charge in [-0.05, 0) is 41.5 Å². The largest absolute Gasteiger partial charge is 0.489 e. The molecule has 5 nitrogen and oxygen atoms in total. The average molecular weight is 342 g/mol. The fourth-order valence-electron chi connectivity index (χ4n) is 1.96. The molecule has 0 aliphatic rings. The van der Waals surface area contributed by atoms with Crippen LogP contribution in [0.15, 0.2) is 59.0 Å². The van der Waals surface area contributed by atoms with Gasteiger partial charge < -0.3 is 10.5 Å². The van der Waals surface area contributed by atoms with Crippen molar-refractivity contribution in [3.8, 4) is 5.75 Å². The number of ether oxygens (including phenoxy) is 1. The molecule has 3 rings (SSSR count). The first-order valence-corrected chi connectivity index (χ1v) is 8.04. The predicted molar refractivity (Wildman–Crippen MR) is 94.9 cm³/mol. The van der Waals surface area contributed by atoms with Gasteiger partial charge in [0.2, 0.25) is 5.13 Å². The molecule has 0 bridgehead atoms. The summed E-state index contributed by atoms with van der Waals surface area (Å²) in [6.07, 6.45) is 1.69. The number of anilines is 2. The van der Waals surface area contributed by atoms with E-state index in [1.165, 1.54) is 23.5 Å². The number of hydrogen-bond donors (Lipinski definition) is 2. The van der Waals surface area contributed by atoms with E-state index >= 15 is 0 Å². The first-order chi connectivity index (χ1) is 11.7. The number of nitrogens with zero attached hydrogens (tertiary/aromatic N) is 2. The molecule has 2 aromatic carbocycles. The lowest BCUT2D eigenvalue weighted by Crippen LogP contribution is -1.97. The molecule has 7 heteroatoms. The molecular formula is C17H15FN4OS. The monoisotopic (exact) mass is 342 g/mol. The quantitative estimate of drug-likeness (QED) is 0.526. The van der Waals surface area contributed by atoms with Crippen molar-refractivity contribution < 1.29 is 9.13 Å². The molecule has 0 saturated heterocycles. The summed E-state index contributed by atoms with van der Waals surface area (Å²) in [5.41, 5.74) is 10.3. The molecule has 0 saturated carbocycles. The van der Waals surface area contributed by atoms with Crippen LogP contribution >= 0.6 is 11.3 Å². The maximum Gasteiger partial charge on any atom is 0.205 e. The zero-order chi connectivity index (χ0) is 16.8. The number of nitrogens with two attached hydrogens (primary N) is 1. The van der Waals surface area contributed by atoms with Crippen LogP contribution in [-0.4, -0.2) is 11.2 Å². The van der Waals surface area contributed by atoms with E-state index in [9.17, 15) is 4.39 Å². The number of benzene rings is 2. The van der Waals surface area contributed by atoms with Crippen LogP contribution in [0.2, 0.25) is 0 Å². The lowest BCUT2D eigenvalue weighted by Gasteiger charge is -2.06. The fourth-order valence-corrected chi connectivity index (χ4v) is 2.51. The summed E-state index contributed by atoms with van der Waals surface area (Å²) >= 11 is 1.39. The third-order valence-corrected chi connectivity index (χ3v) is 3.83. The first-order valence-electron chi connectivity index (χ1n) is 7.16. The number of hydrazone groups is 1. The minimum atomic E-state index is -0.282. The highest BCUT2D eigenvalue weighted by Crippen LogP contribution is 2.16. The van der Waals surface area contributed by atoms with Crippen molar-refractivity contribution in [3.63, 3.8) is 0 Å². The van der Waals surface area contributed by atoms with Crippen molar-refractivity contribution in [3.05, 3.63) is 70.9 Å². The molecule has 0 amide bonds. The van der Waals surface area contributed by atoms with Crippen LogP contribution in [0, 0.1) is 5.82 Å². The molecule has 0 unspecified atom stereocenters. The number of halogens is 1. The molecule has 0 atom stereocenters. The van der Waals surface area contributed by atoms with Gasteiger partial charge in [0.1, 0.15) is 24.0 Å². The lowest BCUT2D eigenvalue weighted by molar-refractivity contribution is 0.305. The molecule has 1 aromatic heterocycles. The Balaban J connectivity index is 1.58. The van der Waals surface area contributed by atoms with Crippen molar-refractivity contribution in [1.82, 2.24) is 4.98 Å². The van der Waals surface area contributed by atoms with Crippen molar-refractivity contribution in [2.45, 2.75) is 6.61 Å². The second kappa shape index (κ2) is 7.56. The van der Waals surface area contributed by atoms with Gasteiger partial charge in [-0.15, -0.1) is 11.3 Å². The van der Waals surface area contributed by atoms with Gasteiger partial charge in [-0.1, -0.05) is 18.2 Å². The third kappa shape index (κ3) is 4.53. The SMILES string of the molecule is Nc1csc(NN=Cc2cccc(COc3ccc(F)cc3)c2)n1. The Bertz CT molecular complexity index is 833. The van der Waals surface area contributed by atoms with Gasteiger partial charge in [0, 0.05) is 5.38 Å². The van der Waals surface area contributed by atoms with Crippen LogP contribution in [-0.2, 0) is 6.61 Å².